The van der Waals surface area contributed by atoms with Gasteiger partial charge in [0.05, 0.1) is 5.52 Å². The molecular formula is C20H13N. The van der Waals surface area contributed by atoms with E-state index in [2.05, 4.69) is 83.4 Å². The van der Waals surface area contributed by atoms with Crippen LogP contribution in [0.3, 0.4) is 0 Å². The molecule has 0 amide bonds. The second kappa shape index (κ2) is 3.86. The summed E-state index contributed by atoms with van der Waals surface area (Å²) in [5.41, 5.74) is 2.52. The molecule has 0 radical (unpaired) electrons. The van der Waals surface area contributed by atoms with Crippen LogP contribution in [0.5, 0.6) is 0 Å². The zero-order valence-electron chi connectivity index (χ0n) is 11.5. The summed E-state index contributed by atoms with van der Waals surface area (Å²) in [6.07, 6.45) is 2.13. The third-order valence-corrected chi connectivity index (χ3v) is 4.39. The predicted octanol–water partition coefficient (Wildman–Crippen LogP) is 5.40. The maximum absolute atomic E-state index is 2.28. The molecule has 21 heavy (non-hydrogen) atoms. The van der Waals surface area contributed by atoms with Gasteiger partial charge >= 0.3 is 0 Å². The fraction of sp³-hybridized carbons (Fsp3) is 0. The van der Waals surface area contributed by atoms with E-state index in [1.807, 2.05) is 0 Å². The molecule has 0 saturated heterocycles. The van der Waals surface area contributed by atoms with Gasteiger partial charge in [-0.2, -0.15) is 0 Å². The molecule has 0 spiro atoms. The highest BCUT2D eigenvalue weighted by Gasteiger charge is 2.07. The van der Waals surface area contributed by atoms with Crippen molar-refractivity contribution in [2.75, 3.05) is 0 Å². The van der Waals surface area contributed by atoms with Gasteiger partial charge in [0, 0.05) is 17.1 Å². The lowest BCUT2D eigenvalue weighted by Gasteiger charge is -2.05. The molecular weight excluding hydrogens is 254 g/mol. The lowest BCUT2D eigenvalue weighted by Crippen LogP contribution is -1.82. The standard InChI is InChI=1S/C20H13N/c1-2-7-16-14(5-1)8-9-18-17(16)10-11-20-19(18)13-15-6-3-4-12-21(15)20/h1-13H. The van der Waals surface area contributed by atoms with Crippen molar-refractivity contribution in [2.45, 2.75) is 0 Å². The number of benzene rings is 3. The molecule has 98 valence electrons. The van der Waals surface area contributed by atoms with Gasteiger partial charge in [-0.25, -0.2) is 0 Å². The molecule has 0 aliphatic carbocycles. The van der Waals surface area contributed by atoms with Gasteiger partial charge in [0.15, 0.2) is 0 Å². The van der Waals surface area contributed by atoms with Crippen molar-refractivity contribution < 1.29 is 0 Å². The van der Waals surface area contributed by atoms with Crippen LogP contribution in [0.2, 0.25) is 0 Å². The first kappa shape index (κ1) is 10.9. The summed E-state index contributed by atoms with van der Waals surface area (Å²) < 4.78 is 2.25. The number of hydrogen-bond acceptors (Lipinski definition) is 0. The maximum Gasteiger partial charge on any atom is 0.0535 e. The van der Waals surface area contributed by atoms with Gasteiger partial charge < -0.3 is 4.40 Å². The minimum Gasteiger partial charge on any atom is -0.317 e. The van der Waals surface area contributed by atoms with E-state index in [0.717, 1.165) is 0 Å². The molecule has 0 atom stereocenters. The highest BCUT2D eigenvalue weighted by molar-refractivity contribution is 6.17. The molecule has 1 heteroatoms. The molecule has 1 nitrogen and oxygen atoms in total. The first-order valence-electron chi connectivity index (χ1n) is 7.22. The van der Waals surface area contributed by atoms with Gasteiger partial charge in [-0.15, -0.1) is 0 Å². The fourth-order valence-electron chi connectivity index (χ4n) is 3.40. The van der Waals surface area contributed by atoms with Crippen LogP contribution in [-0.4, -0.2) is 4.40 Å². The van der Waals surface area contributed by atoms with Crippen molar-refractivity contribution in [3.63, 3.8) is 0 Å². The summed E-state index contributed by atoms with van der Waals surface area (Å²) in [5, 5.41) is 6.61. The molecule has 0 saturated carbocycles. The SMILES string of the molecule is c1ccc2c(c1)ccc1c2ccc2c1cc1ccccn12. The van der Waals surface area contributed by atoms with Crippen LogP contribution in [0.4, 0.5) is 0 Å². The van der Waals surface area contributed by atoms with E-state index in [0.29, 0.717) is 0 Å². The molecule has 5 rings (SSSR count). The molecule has 5 aromatic rings. The molecule has 0 aliphatic rings. The van der Waals surface area contributed by atoms with E-state index >= 15 is 0 Å². The summed E-state index contributed by atoms with van der Waals surface area (Å²) in [4.78, 5) is 0. The highest BCUT2D eigenvalue weighted by Crippen LogP contribution is 2.32. The lowest BCUT2D eigenvalue weighted by atomic mass is 10.00. The van der Waals surface area contributed by atoms with Crippen LogP contribution in [0.15, 0.2) is 79.0 Å². The first-order chi connectivity index (χ1) is 10.4. The number of rotatable bonds is 0. The van der Waals surface area contributed by atoms with Gasteiger partial charge in [0.1, 0.15) is 0 Å². The third kappa shape index (κ3) is 1.40. The van der Waals surface area contributed by atoms with Gasteiger partial charge in [0.2, 0.25) is 0 Å². The van der Waals surface area contributed by atoms with Crippen LogP contribution in [0.1, 0.15) is 0 Å². The molecule has 2 aromatic heterocycles. The smallest absolute Gasteiger partial charge is 0.0535 e. The summed E-state index contributed by atoms with van der Waals surface area (Å²) >= 11 is 0. The summed E-state index contributed by atoms with van der Waals surface area (Å²) in [5.74, 6) is 0. The molecule has 0 bridgehead atoms. The summed E-state index contributed by atoms with van der Waals surface area (Å²) in [6, 6.07) is 26.2. The zero-order chi connectivity index (χ0) is 13.8. The van der Waals surface area contributed by atoms with E-state index in [-0.39, 0.29) is 0 Å². The van der Waals surface area contributed by atoms with Gasteiger partial charge in [-0.05, 0) is 45.8 Å². The van der Waals surface area contributed by atoms with Crippen molar-refractivity contribution in [1.29, 1.82) is 0 Å². The predicted molar refractivity (Wildman–Crippen MR) is 89.9 cm³/mol. The van der Waals surface area contributed by atoms with Crippen molar-refractivity contribution in [1.82, 2.24) is 4.40 Å². The van der Waals surface area contributed by atoms with E-state index in [9.17, 15) is 0 Å². The Bertz CT molecular complexity index is 1130. The summed E-state index contributed by atoms with van der Waals surface area (Å²) in [6.45, 7) is 0. The Hall–Kier alpha value is -2.80. The van der Waals surface area contributed by atoms with Crippen LogP contribution >= 0.6 is 0 Å². The second-order valence-corrected chi connectivity index (χ2v) is 5.52. The summed E-state index contributed by atoms with van der Waals surface area (Å²) in [7, 11) is 0. The minimum atomic E-state index is 1.24. The molecule has 0 fully saturated rings. The second-order valence-electron chi connectivity index (χ2n) is 5.52. The Morgan fingerprint density at radius 1 is 0.571 bits per heavy atom. The Morgan fingerprint density at radius 3 is 2.38 bits per heavy atom. The Morgan fingerprint density at radius 2 is 1.38 bits per heavy atom. The van der Waals surface area contributed by atoms with Crippen molar-refractivity contribution in [2.24, 2.45) is 0 Å². The molecule has 3 aromatic carbocycles. The first-order valence-corrected chi connectivity index (χ1v) is 7.22. The topological polar surface area (TPSA) is 4.41 Å². The van der Waals surface area contributed by atoms with Crippen LogP contribution in [0.25, 0.3) is 38.0 Å². The average Bonchev–Trinajstić information content (AvgIpc) is 2.93. The van der Waals surface area contributed by atoms with E-state index in [1.165, 1.54) is 38.0 Å². The number of pyridine rings is 1. The number of fused-ring (bicyclic) bond motifs is 7. The van der Waals surface area contributed by atoms with Crippen LogP contribution in [0, 0.1) is 0 Å². The maximum atomic E-state index is 2.28. The lowest BCUT2D eigenvalue weighted by molar-refractivity contribution is 1.26. The monoisotopic (exact) mass is 267 g/mol. The van der Waals surface area contributed by atoms with Crippen molar-refractivity contribution >= 4 is 38.0 Å². The van der Waals surface area contributed by atoms with Crippen molar-refractivity contribution in [3.8, 4) is 0 Å². The molecule has 2 heterocycles. The average molecular weight is 267 g/mol. The number of nitrogens with zero attached hydrogens (tertiary/aromatic N) is 1. The normalized spacial score (nSPS) is 11.8. The molecule has 0 unspecified atom stereocenters. The molecule has 0 aliphatic heterocycles. The van der Waals surface area contributed by atoms with E-state index in [1.54, 1.807) is 0 Å². The Balaban J connectivity index is 2.07. The van der Waals surface area contributed by atoms with E-state index in [4.69, 9.17) is 0 Å². The zero-order valence-corrected chi connectivity index (χ0v) is 11.5. The fourth-order valence-corrected chi connectivity index (χ4v) is 3.40. The number of hydrogen-bond donors (Lipinski definition) is 0. The highest BCUT2D eigenvalue weighted by atomic mass is 14.9. The van der Waals surface area contributed by atoms with Gasteiger partial charge in [0.25, 0.3) is 0 Å². The minimum absolute atomic E-state index is 1.24. The Kier molecular flexibility index (Phi) is 2.01. The van der Waals surface area contributed by atoms with Crippen LogP contribution < -0.4 is 0 Å². The van der Waals surface area contributed by atoms with Crippen molar-refractivity contribution in [3.05, 3.63) is 79.0 Å². The van der Waals surface area contributed by atoms with Crippen LogP contribution in [-0.2, 0) is 0 Å². The molecule has 0 N–H and O–H groups in total. The quantitative estimate of drug-likeness (QED) is 0.331. The number of aromatic nitrogens is 1. The van der Waals surface area contributed by atoms with Gasteiger partial charge in [-0.3, -0.25) is 0 Å². The van der Waals surface area contributed by atoms with E-state index < -0.39 is 0 Å². The Labute approximate surface area is 122 Å². The third-order valence-electron chi connectivity index (χ3n) is 4.39. The largest absolute Gasteiger partial charge is 0.317 e. The van der Waals surface area contributed by atoms with Gasteiger partial charge in [-0.1, -0.05) is 48.5 Å².